The summed E-state index contributed by atoms with van der Waals surface area (Å²) in [4.78, 5) is 37.5. The van der Waals surface area contributed by atoms with Crippen LogP contribution in [0.3, 0.4) is 0 Å². The Morgan fingerprint density at radius 3 is 1.31 bits per heavy atom. The van der Waals surface area contributed by atoms with Gasteiger partial charge in [0, 0.05) is 12.8 Å². The molecular formula is C52H82NO8P. The lowest BCUT2D eigenvalue weighted by Crippen LogP contribution is -2.37. The van der Waals surface area contributed by atoms with E-state index in [4.69, 9.17) is 18.5 Å². The third-order valence-corrected chi connectivity index (χ3v) is 9.65. The average Bonchev–Trinajstić information content (AvgIpc) is 3.23. The molecule has 0 saturated carbocycles. The van der Waals surface area contributed by atoms with Crippen molar-refractivity contribution in [3.05, 3.63) is 134 Å². The lowest BCUT2D eigenvalue weighted by atomic mass is 10.2. The van der Waals surface area contributed by atoms with Crippen LogP contribution in [0.15, 0.2) is 134 Å². The Bertz CT molecular complexity index is 1510. The van der Waals surface area contributed by atoms with E-state index in [0.717, 1.165) is 64.2 Å². The van der Waals surface area contributed by atoms with E-state index in [1.54, 1.807) is 0 Å². The van der Waals surface area contributed by atoms with Crippen LogP contribution in [-0.2, 0) is 32.7 Å². The van der Waals surface area contributed by atoms with Crippen LogP contribution in [0.5, 0.6) is 0 Å². The van der Waals surface area contributed by atoms with E-state index >= 15 is 0 Å². The SMILES string of the molecule is CC/C=C\C/C=C\C/C=C\C/C=C\C/C=C\C/C=C\CCC(=O)O[C@H](COC(=O)CC/C=C\C/C=C\C/C=C\C/C=C\C/C=C\CCCCC)COP(=O)([O-])OCC[N+](C)(C)C. The second-order valence-electron chi connectivity index (χ2n) is 15.7. The fourth-order valence-corrected chi connectivity index (χ4v) is 5.86. The molecule has 1 unspecified atom stereocenters. The van der Waals surface area contributed by atoms with Crippen LogP contribution >= 0.6 is 7.82 Å². The first kappa shape index (κ1) is 58.1. The van der Waals surface area contributed by atoms with Crippen molar-refractivity contribution in [1.82, 2.24) is 0 Å². The molecule has 0 aromatic rings. The second kappa shape index (κ2) is 42.5. The molecule has 10 heteroatoms. The number of esters is 2. The quantitative estimate of drug-likeness (QED) is 0.0197. The first-order chi connectivity index (χ1) is 30.0. The van der Waals surface area contributed by atoms with Crippen molar-refractivity contribution in [3.8, 4) is 0 Å². The number of carbonyl (C=O) groups is 2. The summed E-state index contributed by atoms with van der Waals surface area (Å²) < 4.78 is 33.7. The molecule has 62 heavy (non-hydrogen) atoms. The van der Waals surface area contributed by atoms with E-state index in [0.29, 0.717) is 23.9 Å². The number of likely N-dealkylation sites (N-methyl/N-ethyl adjacent to an activating group) is 1. The highest BCUT2D eigenvalue weighted by molar-refractivity contribution is 7.45. The van der Waals surface area contributed by atoms with Gasteiger partial charge in [-0.15, -0.1) is 0 Å². The van der Waals surface area contributed by atoms with Gasteiger partial charge in [-0.3, -0.25) is 14.2 Å². The molecule has 0 radical (unpaired) electrons. The Kier molecular flexibility index (Phi) is 39.8. The van der Waals surface area contributed by atoms with Crippen LogP contribution in [0.1, 0.15) is 129 Å². The summed E-state index contributed by atoms with van der Waals surface area (Å²) in [7, 11) is 1.06. The highest BCUT2D eigenvalue weighted by Crippen LogP contribution is 2.38. The van der Waals surface area contributed by atoms with E-state index in [1.165, 1.54) is 25.7 Å². The lowest BCUT2D eigenvalue weighted by Gasteiger charge is -2.28. The van der Waals surface area contributed by atoms with Gasteiger partial charge in [-0.2, -0.15) is 0 Å². The molecule has 0 aliphatic rings. The summed E-state index contributed by atoms with van der Waals surface area (Å²) in [5.74, 6) is -1.04. The third-order valence-electron chi connectivity index (χ3n) is 8.68. The fraction of sp³-hybridized carbons (Fsp3) is 0.538. The van der Waals surface area contributed by atoms with Crippen LogP contribution in [-0.4, -0.2) is 70.0 Å². The van der Waals surface area contributed by atoms with Crippen molar-refractivity contribution >= 4 is 19.8 Å². The summed E-state index contributed by atoms with van der Waals surface area (Å²) in [5.41, 5.74) is 0. The zero-order valence-electron chi connectivity index (χ0n) is 39.0. The summed E-state index contributed by atoms with van der Waals surface area (Å²) in [6.07, 6.45) is 60.8. The maximum atomic E-state index is 12.7. The molecule has 0 aliphatic heterocycles. The molecule has 0 fully saturated rings. The van der Waals surface area contributed by atoms with Gasteiger partial charge < -0.3 is 27.9 Å². The first-order valence-electron chi connectivity index (χ1n) is 22.9. The Balaban J connectivity index is 4.61. The average molecular weight is 880 g/mol. The molecule has 9 nitrogen and oxygen atoms in total. The molecule has 0 aromatic heterocycles. The number of rotatable bonds is 39. The van der Waals surface area contributed by atoms with Crippen molar-refractivity contribution in [2.24, 2.45) is 0 Å². The molecule has 0 rings (SSSR count). The number of allylic oxidation sites excluding steroid dienone is 22. The summed E-state index contributed by atoms with van der Waals surface area (Å²) in [6, 6.07) is 0. The zero-order chi connectivity index (χ0) is 45.7. The van der Waals surface area contributed by atoms with Gasteiger partial charge in [0.2, 0.25) is 0 Å². The minimum absolute atomic E-state index is 0.0639. The number of carbonyl (C=O) groups excluding carboxylic acids is 2. The van der Waals surface area contributed by atoms with Crippen molar-refractivity contribution in [2.75, 3.05) is 47.5 Å². The number of phosphoric acid groups is 1. The number of ether oxygens (including phenoxy) is 2. The maximum absolute atomic E-state index is 12.7. The number of phosphoric ester groups is 1. The van der Waals surface area contributed by atoms with Crippen molar-refractivity contribution < 1.29 is 42.1 Å². The van der Waals surface area contributed by atoms with E-state index in [9.17, 15) is 19.0 Å². The van der Waals surface area contributed by atoms with Crippen molar-refractivity contribution in [3.63, 3.8) is 0 Å². The molecule has 2 atom stereocenters. The number of nitrogens with zero attached hydrogens (tertiary/aromatic N) is 1. The molecule has 0 bridgehead atoms. The number of unbranched alkanes of at least 4 members (excludes halogenated alkanes) is 3. The molecular weight excluding hydrogens is 798 g/mol. The highest BCUT2D eigenvalue weighted by atomic mass is 31.2. The topological polar surface area (TPSA) is 111 Å². The van der Waals surface area contributed by atoms with Crippen LogP contribution < -0.4 is 4.89 Å². The number of hydrogen-bond donors (Lipinski definition) is 0. The molecule has 0 aliphatic carbocycles. The Morgan fingerprint density at radius 2 is 0.903 bits per heavy atom. The van der Waals surface area contributed by atoms with Crippen LogP contribution in [0, 0.1) is 0 Å². The molecule has 0 heterocycles. The van der Waals surface area contributed by atoms with Crippen LogP contribution in [0.4, 0.5) is 0 Å². The monoisotopic (exact) mass is 880 g/mol. The van der Waals surface area contributed by atoms with Crippen molar-refractivity contribution in [2.45, 2.75) is 136 Å². The lowest BCUT2D eigenvalue weighted by molar-refractivity contribution is -0.870. The normalized spacial score (nSPS) is 14.7. The zero-order valence-corrected chi connectivity index (χ0v) is 39.9. The Labute approximate surface area is 377 Å². The minimum Gasteiger partial charge on any atom is -0.756 e. The van der Waals surface area contributed by atoms with Gasteiger partial charge in [-0.25, -0.2) is 0 Å². The molecule has 348 valence electrons. The van der Waals surface area contributed by atoms with E-state index < -0.39 is 32.5 Å². The molecule has 0 N–H and O–H groups in total. The molecule has 0 amide bonds. The van der Waals surface area contributed by atoms with Crippen molar-refractivity contribution in [1.29, 1.82) is 0 Å². The van der Waals surface area contributed by atoms with Gasteiger partial charge >= 0.3 is 11.9 Å². The molecule has 0 spiro atoms. The van der Waals surface area contributed by atoms with E-state index in [-0.39, 0.29) is 26.1 Å². The second-order valence-corrected chi connectivity index (χ2v) is 17.1. The summed E-state index contributed by atoms with van der Waals surface area (Å²) in [6.45, 7) is 3.87. The van der Waals surface area contributed by atoms with Crippen LogP contribution in [0.25, 0.3) is 0 Å². The van der Waals surface area contributed by atoms with Gasteiger partial charge in [-0.1, -0.05) is 160 Å². The standard InChI is InChI=1S/C52H82NO8P/c1-6-8-10-12-14-16-18-20-22-24-26-28-30-32-34-36-38-40-42-44-51(54)58-48-50(49-60-62(56,57)59-47-46-53(3,4)5)61-52(55)45-43-41-39-37-35-33-31-29-27-25-23-21-19-17-15-13-11-9-7-2/h9,11,14-17,20-23,26-29,32-35,38-41,50H,6-8,10,12-13,18-19,24-25,30-31,36-37,42-49H2,1-5H3/b11-9-,16-14-,17-15-,22-20-,23-21-,28-26-,29-27-,34-32-,35-33-,40-38-,41-39-/t50-/m1/s1. The van der Waals surface area contributed by atoms with Gasteiger partial charge in [0.25, 0.3) is 7.82 Å². The van der Waals surface area contributed by atoms with Crippen LogP contribution in [0.2, 0.25) is 0 Å². The third kappa shape index (κ3) is 45.7. The highest BCUT2D eigenvalue weighted by Gasteiger charge is 2.21. The smallest absolute Gasteiger partial charge is 0.306 e. The maximum Gasteiger partial charge on any atom is 0.306 e. The largest absolute Gasteiger partial charge is 0.756 e. The van der Waals surface area contributed by atoms with Gasteiger partial charge in [0.1, 0.15) is 19.8 Å². The number of quaternary nitrogens is 1. The Hall–Kier alpha value is -3.85. The van der Waals surface area contributed by atoms with E-state index in [1.807, 2.05) is 45.4 Å². The minimum atomic E-state index is -4.67. The van der Waals surface area contributed by atoms with Gasteiger partial charge in [0.05, 0.1) is 27.7 Å². The number of hydrogen-bond acceptors (Lipinski definition) is 8. The first-order valence-corrected chi connectivity index (χ1v) is 24.4. The Morgan fingerprint density at radius 1 is 0.516 bits per heavy atom. The van der Waals surface area contributed by atoms with Gasteiger partial charge in [-0.05, 0) is 89.9 Å². The predicted octanol–water partition coefficient (Wildman–Crippen LogP) is 12.8. The van der Waals surface area contributed by atoms with E-state index in [2.05, 4.69) is 123 Å². The molecule has 0 saturated heterocycles. The van der Waals surface area contributed by atoms with Gasteiger partial charge in [0.15, 0.2) is 6.10 Å². The predicted molar refractivity (Wildman–Crippen MR) is 258 cm³/mol. The summed E-state index contributed by atoms with van der Waals surface area (Å²) >= 11 is 0. The summed E-state index contributed by atoms with van der Waals surface area (Å²) in [5, 5.41) is 0. The molecule has 0 aromatic carbocycles. The fourth-order valence-electron chi connectivity index (χ4n) is 5.13.